The van der Waals surface area contributed by atoms with Gasteiger partial charge in [0.1, 0.15) is 0 Å². The second kappa shape index (κ2) is 2.47. The van der Waals surface area contributed by atoms with Crippen LogP contribution in [0.1, 0.15) is 33.6 Å². The van der Waals surface area contributed by atoms with E-state index in [-0.39, 0.29) is 0 Å². The van der Waals surface area contributed by atoms with Crippen LogP contribution in [0.5, 0.6) is 0 Å². The van der Waals surface area contributed by atoms with E-state index >= 15 is 0 Å². The summed E-state index contributed by atoms with van der Waals surface area (Å²) in [6, 6.07) is 0. The standard InChI is InChI=1S/C11H21N/c1-7-8(6-12)4-9-5-10(7)11(9,2)3/h7-10H,4-6,12H2,1-3H3/t7-,8-,9+,10-/m1/s1. The Hall–Kier alpha value is -0.0400. The van der Waals surface area contributed by atoms with Crippen LogP contribution >= 0.6 is 0 Å². The highest BCUT2D eigenvalue weighted by atomic mass is 14.7. The van der Waals surface area contributed by atoms with Crippen molar-refractivity contribution >= 4 is 0 Å². The third-order valence-electron chi connectivity index (χ3n) is 4.81. The summed E-state index contributed by atoms with van der Waals surface area (Å²) in [7, 11) is 0. The smallest absolute Gasteiger partial charge is 0.00461 e. The lowest BCUT2D eigenvalue weighted by molar-refractivity contribution is -0.126. The minimum absolute atomic E-state index is 0.630. The van der Waals surface area contributed by atoms with Gasteiger partial charge in [0, 0.05) is 0 Å². The van der Waals surface area contributed by atoms with E-state index < -0.39 is 0 Å². The van der Waals surface area contributed by atoms with Gasteiger partial charge >= 0.3 is 0 Å². The van der Waals surface area contributed by atoms with Crippen molar-refractivity contribution in [3.05, 3.63) is 0 Å². The Morgan fingerprint density at radius 2 is 2.00 bits per heavy atom. The predicted molar refractivity (Wildman–Crippen MR) is 51.7 cm³/mol. The summed E-state index contributed by atoms with van der Waals surface area (Å²) in [5.41, 5.74) is 6.40. The molecule has 1 nitrogen and oxygen atoms in total. The van der Waals surface area contributed by atoms with Crippen LogP contribution in [0.4, 0.5) is 0 Å². The molecule has 0 spiro atoms. The SMILES string of the molecule is C[C@@H]1[C@@H](CN)C[C@H]2C[C@H]1C2(C)C. The highest BCUT2D eigenvalue weighted by Gasteiger charge is 2.55. The van der Waals surface area contributed by atoms with Crippen molar-refractivity contribution in [2.75, 3.05) is 6.54 Å². The average Bonchev–Trinajstić information content (AvgIpc) is 2.03. The number of hydrogen-bond acceptors (Lipinski definition) is 1. The lowest BCUT2D eigenvalue weighted by Gasteiger charge is -2.62. The van der Waals surface area contributed by atoms with Gasteiger partial charge < -0.3 is 5.73 Å². The van der Waals surface area contributed by atoms with Gasteiger partial charge in [-0.2, -0.15) is 0 Å². The minimum atomic E-state index is 0.630. The van der Waals surface area contributed by atoms with E-state index in [0.29, 0.717) is 5.41 Å². The molecule has 12 heavy (non-hydrogen) atoms. The Kier molecular flexibility index (Phi) is 1.76. The van der Waals surface area contributed by atoms with Gasteiger partial charge in [-0.1, -0.05) is 20.8 Å². The second-order valence-electron chi connectivity index (χ2n) is 5.45. The molecule has 3 saturated carbocycles. The first kappa shape index (κ1) is 8.55. The summed E-state index contributed by atoms with van der Waals surface area (Å²) in [5, 5.41) is 0. The van der Waals surface area contributed by atoms with Crippen LogP contribution in [0, 0.1) is 29.1 Å². The van der Waals surface area contributed by atoms with Crippen molar-refractivity contribution in [3.8, 4) is 0 Å². The zero-order valence-corrected chi connectivity index (χ0v) is 8.51. The molecule has 0 aliphatic heterocycles. The van der Waals surface area contributed by atoms with Crippen LogP contribution < -0.4 is 5.73 Å². The maximum Gasteiger partial charge on any atom is -0.00461 e. The van der Waals surface area contributed by atoms with Gasteiger partial charge in [-0.25, -0.2) is 0 Å². The molecule has 0 radical (unpaired) electrons. The summed E-state index contributed by atoms with van der Waals surface area (Å²) in [4.78, 5) is 0. The van der Waals surface area contributed by atoms with E-state index in [4.69, 9.17) is 5.73 Å². The van der Waals surface area contributed by atoms with E-state index in [0.717, 1.165) is 30.2 Å². The summed E-state index contributed by atoms with van der Waals surface area (Å²) < 4.78 is 0. The maximum absolute atomic E-state index is 5.77. The normalized spacial score (nSPS) is 50.0. The molecule has 70 valence electrons. The first-order valence-corrected chi connectivity index (χ1v) is 5.27. The summed E-state index contributed by atoms with van der Waals surface area (Å²) in [5.74, 6) is 3.63. The van der Waals surface area contributed by atoms with Crippen molar-refractivity contribution in [1.29, 1.82) is 0 Å². The third-order valence-corrected chi connectivity index (χ3v) is 4.81. The molecule has 4 atom stereocenters. The largest absolute Gasteiger partial charge is 0.330 e. The van der Waals surface area contributed by atoms with Gasteiger partial charge in [-0.05, 0) is 48.5 Å². The Labute approximate surface area is 75.7 Å². The van der Waals surface area contributed by atoms with Crippen LogP contribution in [0.25, 0.3) is 0 Å². The molecule has 1 heteroatoms. The van der Waals surface area contributed by atoms with Crippen LogP contribution in [0.2, 0.25) is 0 Å². The fourth-order valence-electron chi connectivity index (χ4n) is 3.57. The highest BCUT2D eigenvalue weighted by molar-refractivity contribution is 5.04. The van der Waals surface area contributed by atoms with Gasteiger partial charge in [0.25, 0.3) is 0 Å². The second-order valence-corrected chi connectivity index (χ2v) is 5.45. The van der Waals surface area contributed by atoms with E-state index in [1.807, 2.05) is 0 Å². The van der Waals surface area contributed by atoms with Crippen molar-refractivity contribution < 1.29 is 0 Å². The van der Waals surface area contributed by atoms with Crippen LogP contribution in [-0.4, -0.2) is 6.54 Å². The summed E-state index contributed by atoms with van der Waals surface area (Å²) in [6.45, 7) is 8.19. The van der Waals surface area contributed by atoms with Crippen molar-refractivity contribution in [2.45, 2.75) is 33.6 Å². The molecule has 2 bridgehead atoms. The number of hydrogen-bond donors (Lipinski definition) is 1. The van der Waals surface area contributed by atoms with E-state index in [1.165, 1.54) is 12.8 Å². The molecule has 0 aromatic carbocycles. The molecule has 3 rings (SSSR count). The Balaban J connectivity index is 2.11. The van der Waals surface area contributed by atoms with Crippen molar-refractivity contribution in [1.82, 2.24) is 0 Å². The third kappa shape index (κ3) is 0.891. The Bertz CT molecular complexity index is 185. The van der Waals surface area contributed by atoms with Crippen molar-refractivity contribution in [2.24, 2.45) is 34.8 Å². The number of rotatable bonds is 1. The molecule has 3 fully saturated rings. The molecular formula is C11H21N. The molecule has 0 amide bonds. The van der Waals surface area contributed by atoms with Crippen LogP contribution in [0.15, 0.2) is 0 Å². The Morgan fingerprint density at radius 1 is 1.33 bits per heavy atom. The fourth-order valence-corrected chi connectivity index (χ4v) is 3.57. The van der Waals surface area contributed by atoms with Gasteiger partial charge in [0.2, 0.25) is 0 Å². The molecule has 3 aliphatic rings. The van der Waals surface area contributed by atoms with Crippen LogP contribution in [0.3, 0.4) is 0 Å². The minimum Gasteiger partial charge on any atom is -0.330 e. The zero-order valence-electron chi connectivity index (χ0n) is 8.51. The maximum atomic E-state index is 5.77. The lowest BCUT2D eigenvalue weighted by atomic mass is 9.43. The predicted octanol–water partition coefficient (Wildman–Crippen LogP) is 2.26. The molecule has 0 aromatic heterocycles. The quantitative estimate of drug-likeness (QED) is 0.637. The summed E-state index contributed by atoms with van der Waals surface area (Å²) in [6.07, 6.45) is 2.87. The molecule has 0 heterocycles. The molecule has 2 N–H and O–H groups in total. The van der Waals surface area contributed by atoms with Gasteiger partial charge in [-0.15, -0.1) is 0 Å². The van der Waals surface area contributed by atoms with Gasteiger partial charge in [-0.3, -0.25) is 0 Å². The highest BCUT2D eigenvalue weighted by Crippen LogP contribution is 2.62. The van der Waals surface area contributed by atoms with Gasteiger partial charge in [0.05, 0.1) is 0 Å². The Morgan fingerprint density at radius 3 is 2.42 bits per heavy atom. The van der Waals surface area contributed by atoms with Crippen LogP contribution in [-0.2, 0) is 0 Å². The van der Waals surface area contributed by atoms with Crippen molar-refractivity contribution in [3.63, 3.8) is 0 Å². The van der Waals surface area contributed by atoms with E-state index in [9.17, 15) is 0 Å². The van der Waals surface area contributed by atoms with E-state index in [1.54, 1.807) is 0 Å². The molecule has 0 aromatic rings. The first-order chi connectivity index (χ1) is 5.57. The lowest BCUT2D eigenvalue weighted by Crippen LogP contribution is -2.56. The average molecular weight is 167 g/mol. The monoisotopic (exact) mass is 167 g/mol. The molecule has 3 aliphatic carbocycles. The van der Waals surface area contributed by atoms with E-state index in [2.05, 4.69) is 20.8 Å². The fraction of sp³-hybridized carbons (Fsp3) is 1.00. The molecule has 0 saturated heterocycles. The van der Waals surface area contributed by atoms with Gasteiger partial charge in [0.15, 0.2) is 0 Å². The number of nitrogens with two attached hydrogens (primary N) is 1. The summed E-state index contributed by atoms with van der Waals surface area (Å²) >= 11 is 0. The number of fused-ring (bicyclic) bond motifs is 2. The zero-order chi connectivity index (χ0) is 8.93. The molecular weight excluding hydrogens is 146 g/mol. The topological polar surface area (TPSA) is 26.0 Å². The first-order valence-electron chi connectivity index (χ1n) is 5.27. The molecule has 0 unspecified atom stereocenters.